The van der Waals surface area contributed by atoms with E-state index < -0.39 is 21.9 Å². The Kier molecular flexibility index (Phi) is 6.23. The summed E-state index contributed by atoms with van der Waals surface area (Å²) < 4.78 is 63.2. The van der Waals surface area contributed by atoms with Gasteiger partial charge in [-0.25, -0.2) is 18.2 Å². The van der Waals surface area contributed by atoms with E-state index in [1.807, 2.05) is 6.92 Å². The SMILES string of the molecule is Cc1ccc(-c2cc(C(F)(F)F)nn2-c2ccc(S(N)(=O)=O)cc2)cc1.[H-].[Na+]. The summed E-state index contributed by atoms with van der Waals surface area (Å²) in [6.07, 6.45) is -4.61. The van der Waals surface area contributed by atoms with Crippen LogP contribution >= 0.6 is 0 Å². The van der Waals surface area contributed by atoms with Gasteiger partial charge in [0, 0.05) is 5.56 Å². The molecule has 0 aliphatic heterocycles. The van der Waals surface area contributed by atoms with Crippen molar-refractivity contribution in [3.05, 3.63) is 65.9 Å². The van der Waals surface area contributed by atoms with Gasteiger partial charge >= 0.3 is 35.7 Å². The van der Waals surface area contributed by atoms with Crippen LogP contribution in [0.1, 0.15) is 12.7 Å². The molecule has 0 spiro atoms. The molecule has 1 heterocycles. The van der Waals surface area contributed by atoms with Crippen molar-refractivity contribution in [2.45, 2.75) is 18.0 Å². The number of nitrogens with zero attached hydrogens (tertiary/aromatic N) is 2. The number of sulfonamides is 1. The van der Waals surface area contributed by atoms with Crippen LogP contribution in [0.5, 0.6) is 0 Å². The number of halogens is 3. The van der Waals surface area contributed by atoms with Crippen LogP contribution in [0.15, 0.2) is 59.5 Å². The van der Waals surface area contributed by atoms with E-state index in [0.29, 0.717) is 5.56 Å². The summed E-state index contributed by atoms with van der Waals surface area (Å²) in [6.45, 7) is 1.87. The van der Waals surface area contributed by atoms with Crippen LogP contribution in [-0.4, -0.2) is 18.2 Å². The van der Waals surface area contributed by atoms with E-state index in [1.165, 1.54) is 24.3 Å². The predicted octanol–water partition coefficient (Wildman–Crippen LogP) is 0.630. The Morgan fingerprint density at radius 2 is 1.59 bits per heavy atom. The zero-order chi connectivity index (χ0) is 19.1. The standard InChI is InChI=1S/C17H14F3N3O2S.Na.H/c1-11-2-4-12(5-3-11)15-10-16(17(18,19)20)22-23(15)13-6-8-14(9-7-13)26(21,24)25;;/h2-10H,1H3,(H2,21,24,25);;/q;+1;-1. The first-order chi connectivity index (χ1) is 12.1. The summed E-state index contributed by atoms with van der Waals surface area (Å²) >= 11 is 0. The van der Waals surface area contributed by atoms with Crippen LogP contribution in [0.2, 0.25) is 0 Å². The molecule has 3 rings (SSSR count). The number of alkyl halides is 3. The van der Waals surface area contributed by atoms with Crippen LogP contribution in [0.3, 0.4) is 0 Å². The van der Waals surface area contributed by atoms with Gasteiger partial charge in [0.1, 0.15) is 0 Å². The van der Waals surface area contributed by atoms with Crippen molar-refractivity contribution in [3.63, 3.8) is 0 Å². The number of primary sulfonamides is 1. The fourth-order valence-electron chi connectivity index (χ4n) is 2.42. The average molecular weight is 405 g/mol. The third kappa shape index (κ3) is 4.80. The molecule has 0 atom stereocenters. The van der Waals surface area contributed by atoms with Gasteiger partial charge in [0.2, 0.25) is 10.0 Å². The van der Waals surface area contributed by atoms with Crippen molar-refractivity contribution >= 4 is 10.0 Å². The van der Waals surface area contributed by atoms with Gasteiger partial charge < -0.3 is 1.43 Å². The molecule has 2 N–H and O–H groups in total. The number of aromatic nitrogens is 2. The fourth-order valence-corrected chi connectivity index (χ4v) is 2.94. The van der Waals surface area contributed by atoms with E-state index in [1.54, 1.807) is 24.3 Å². The van der Waals surface area contributed by atoms with E-state index in [-0.39, 0.29) is 47.3 Å². The molecule has 0 fully saturated rings. The summed E-state index contributed by atoms with van der Waals surface area (Å²) in [5, 5.41) is 8.70. The number of nitrogens with two attached hydrogens (primary N) is 1. The molecule has 27 heavy (non-hydrogen) atoms. The number of benzene rings is 2. The second-order valence-corrected chi connectivity index (χ2v) is 7.29. The Morgan fingerprint density at radius 3 is 2.07 bits per heavy atom. The van der Waals surface area contributed by atoms with Crippen molar-refractivity contribution in [2.24, 2.45) is 5.14 Å². The van der Waals surface area contributed by atoms with E-state index in [2.05, 4.69) is 5.10 Å². The molecule has 138 valence electrons. The summed E-state index contributed by atoms with van der Waals surface area (Å²) in [4.78, 5) is -0.138. The number of aryl methyl sites for hydroxylation is 1. The minimum absolute atomic E-state index is 0. The van der Waals surface area contributed by atoms with Crippen molar-refractivity contribution in [3.8, 4) is 16.9 Å². The Hall–Kier alpha value is -1.65. The van der Waals surface area contributed by atoms with Crippen molar-refractivity contribution < 1.29 is 52.6 Å². The first-order valence-electron chi connectivity index (χ1n) is 7.43. The second-order valence-electron chi connectivity index (χ2n) is 5.73. The van der Waals surface area contributed by atoms with Gasteiger partial charge in [0.25, 0.3) is 0 Å². The normalized spacial score (nSPS) is 11.9. The molecule has 5 nitrogen and oxygen atoms in total. The maximum Gasteiger partial charge on any atom is 1.00 e. The molecular weight excluding hydrogens is 390 g/mol. The molecule has 0 unspecified atom stereocenters. The van der Waals surface area contributed by atoms with Crippen LogP contribution < -0.4 is 34.7 Å². The summed E-state index contributed by atoms with van der Waals surface area (Å²) in [7, 11) is -3.90. The Labute approximate surface area is 177 Å². The van der Waals surface area contributed by atoms with Gasteiger partial charge in [-0.1, -0.05) is 29.8 Å². The summed E-state index contributed by atoms with van der Waals surface area (Å²) in [6, 6.07) is 13.1. The summed E-state index contributed by atoms with van der Waals surface area (Å²) in [5.41, 5.74) is 0.996. The molecule has 0 saturated heterocycles. The minimum Gasteiger partial charge on any atom is -1.00 e. The molecule has 0 bridgehead atoms. The molecule has 10 heteroatoms. The zero-order valence-corrected chi connectivity index (χ0v) is 17.3. The minimum atomic E-state index is -4.61. The Balaban J connectivity index is 0.00000196. The fraction of sp³-hybridized carbons (Fsp3) is 0.118. The van der Waals surface area contributed by atoms with Crippen molar-refractivity contribution in [1.82, 2.24) is 9.78 Å². The van der Waals surface area contributed by atoms with E-state index in [4.69, 9.17) is 5.14 Å². The third-order valence-corrected chi connectivity index (χ3v) is 4.69. The largest absolute Gasteiger partial charge is 1.00 e. The molecule has 0 aliphatic rings. The van der Waals surface area contributed by atoms with Gasteiger partial charge in [0.05, 0.1) is 16.3 Å². The quantitative estimate of drug-likeness (QED) is 0.650. The molecule has 3 aromatic rings. The summed E-state index contributed by atoms with van der Waals surface area (Å²) in [5.74, 6) is 0. The van der Waals surface area contributed by atoms with Crippen LogP contribution in [-0.2, 0) is 16.2 Å². The smallest absolute Gasteiger partial charge is 1.00 e. The first-order valence-corrected chi connectivity index (χ1v) is 8.98. The molecule has 0 aliphatic carbocycles. The Bertz CT molecular complexity index is 1050. The zero-order valence-electron chi connectivity index (χ0n) is 15.5. The van der Waals surface area contributed by atoms with Gasteiger partial charge in [-0.3, -0.25) is 0 Å². The van der Waals surface area contributed by atoms with Crippen molar-refractivity contribution in [1.29, 1.82) is 0 Å². The van der Waals surface area contributed by atoms with Gasteiger partial charge in [-0.05, 0) is 37.3 Å². The van der Waals surface area contributed by atoms with Gasteiger partial charge in [-0.15, -0.1) is 0 Å². The number of rotatable bonds is 3. The molecule has 0 amide bonds. The molecule has 2 aromatic carbocycles. The molecule has 0 saturated carbocycles. The Morgan fingerprint density at radius 1 is 1.04 bits per heavy atom. The van der Waals surface area contributed by atoms with Gasteiger partial charge in [-0.2, -0.15) is 18.3 Å². The van der Waals surface area contributed by atoms with Gasteiger partial charge in [0.15, 0.2) is 5.69 Å². The average Bonchev–Trinajstić information content (AvgIpc) is 3.00. The number of hydrogen-bond acceptors (Lipinski definition) is 3. The van der Waals surface area contributed by atoms with E-state index in [9.17, 15) is 21.6 Å². The maximum atomic E-state index is 13.1. The third-order valence-electron chi connectivity index (χ3n) is 3.76. The van der Waals surface area contributed by atoms with Crippen LogP contribution in [0.25, 0.3) is 16.9 Å². The number of hydrogen-bond donors (Lipinski definition) is 1. The van der Waals surface area contributed by atoms with Crippen molar-refractivity contribution in [2.75, 3.05) is 0 Å². The topological polar surface area (TPSA) is 78.0 Å². The van der Waals surface area contributed by atoms with Crippen LogP contribution in [0, 0.1) is 6.92 Å². The van der Waals surface area contributed by atoms with Crippen LogP contribution in [0.4, 0.5) is 13.2 Å². The monoisotopic (exact) mass is 405 g/mol. The first kappa shape index (κ1) is 21.6. The second kappa shape index (κ2) is 7.76. The van der Waals surface area contributed by atoms with E-state index >= 15 is 0 Å². The maximum absolute atomic E-state index is 13.1. The molecular formula is C17H15F3N3NaO2S. The van der Waals surface area contributed by atoms with E-state index in [0.717, 1.165) is 16.3 Å². The predicted molar refractivity (Wildman–Crippen MR) is 91.2 cm³/mol. The molecule has 1 aromatic heterocycles. The molecule has 0 radical (unpaired) electrons.